The number of nitrogens with zero attached hydrogens (tertiary/aromatic N) is 2. The minimum absolute atomic E-state index is 0.236. The molecule has 3 heterocycles. The van der Waals surface area contributed by atoms with Gasteiger partial charge >= 0.3 is 5.69 Å². The van der Waals surface area contributed by atoms with Gasteiger partial charge in [0.15, 0.2) is 0 Å². The highest BCUT2D eigenvalue weighted by Crippen LogP contribution is 2.39. The first-order valence-electron chi connectivity index (χ1n) is 11.3. The van der Waals surface area contributed by atoms with Crippen molar-refractivity contribution in [2.75, 3.05) is 32.7 Å². The lowest BCUT2D eigenvalue weighted by Gasteiger charge is -2.41. The summed E-state index contributed by atoms with van der Waals surface area (Å²) in [5.41, 5.74) is 1.16. The molecule has 1 aliphatic carbocycles. The summed E-state index contributed by atoms with van der Waals surface area (Å²) >= 11 is 0. The lowest BCUT2D eigenvalue weighted by molar-refractivity contribution is 0.0852. The van der Waals surface area contributed by atoms with E-state index in [1.165, 1.54) is 77.4 Å². The van der Waals surface area contributed by atoms with Gasteiger partial charge in [-0.2, -0.15) is 0 Å². The van der Waals surface area contributed by atoms with Gasteiger partial charge in [-0.15, -0.1) is 0 Å². The molecule has 0 amide bonds. The number of aryl methyl sites for hydroxylation is 1. The smallest absolute Gasteiger partial charge is 0.311 e. The van der Waals surface area contributed by atoms with E-state index in [2.05, 4.69) is 19.8 Å². The van der Waals surface area contributed by atoms with Crippen LogP contribution in [0.3, 0.4) is 0 Å². The summed E-state index contributed by atoms with van der Waals surface area (Å²) in [5, 5.41) is 0. The summed E-state index contributed by atoms with van der Waals surface area (Å²) in [4.78, 5) is 33.9. The normalized spacial score (nSPS) is 27.6. The fourth-order valence-corrected chi connectivity index (χ4v) is 5.88. The van der Waals surface area contributed by atoms with Crippen LogP contribution in [-0.2, 0) is 6.54 Å². The van der Waals surface area contributed by atoms with Crippen LogP contribution in [0.1, 0.15) is 69.0 Å². The van der Waals surface area contributed by atoms with E-state index >= 15 is 0 Å². The van der Waals surface area contributed by atoms with Crippen molar-refractivity contribution in [3.8, 4) is 0 Å². The molecule has 4 rings (SSSR count). The number of hydrogen-bond donors (Lipinski definition) is 2. The molecule has 0 aromatic carbocycles. The van der Waals surface area contributed by atoms with E-state index in [9.17, 15) is 9.59 Å². The van der Waals surface area contributed by atoms with E-state index in [1.54, 1.807) is 0 Å². The van der Waals surface area contributed by atoms with Crippen molar-refractivity contribution in [2.45, 2.75) is 71.3 Å². The van der Waals surface area contributed by atoms with Crippen molar-refractivity contribution in [3.63, 3.8) is 0 Å². The molecule has 3 aliphatic rings. The van der Waals surface area contributed by atoms with Gasteiger partial charge in [-0.05, 0) is 63.6 Å². The van der Waals surface area contributed by atoms with Crippen LogP contribution in [0, 0.1) is 18.3 Å². The Kier molecular flexibility index (Phi) is 6.07. The van der Waals surface area contributed by atoms with Gasteiger partial charge < -0.3 is 9.88 Å². The van der Waals surface area contributed by atoms with Gasteiger partial charge in [0, 0.05) is 25.3 Å². The van der Waals surface area contributed by atoms with Crippen molar-refractivity contribution >= 4 is 0 Å². The van der Waals surface area contributed by atoms with Gasteiger partial charge in [0.05, 0.1) is 5.56 Å². The molecule has 0 unspecified atom stereocenters. The molecule has 1 saturated carbocycles. The predicted octanol–water partition coefficient (Wildman–Crippen LogP) is 2.63. The highest BCUT2D eigenvalue weighted by atomic mass is 16.2. The Hall–Kier alpha value is -1.40. The first kappa shape index (κ1) is 19.9. The summed E-state index contributed by atoms with van der Waals surface area (Å²) in [6.45, 7) is 8.34. The highest BCUT2D eigenvalue weighted by Gasteiger charge is 2.41. The van der Waals surface area contributed by atoms with E-state index in [0.717, 1.165) is 19.0 Å². The quantitative estimate of drug-likeness (QED) is 0.813. The van der Waals surface area contributed by atoms with Crippen molar-refractivity contribution in [1.29, 1.82) is 0 Å². The summed E-state index contributed by atoms with van der Waals surface area (Å²) in [5.74, 6) is 0.960. The minimum atomic E-state index is -0.412. The zero-order valence-electron chi connectivity index (χ0n) is 17.4. The number of rotatable bonds is 5. The molecule has 156 valence electrons. The Morgan fingerprint density at radius 3 is 2.54 bits per heavy atom. The predicted molar refractivity (Wildman–Crippen MR) is 112 cm³/mol. The largest absolute Gasteiger partial charge is 0.325 e. The van der Waals surface area contributed by atoms with Crippen molar-refractivity contribution in [1.82, 2.24) is 19.8 Å². The number of H-pyrrole nitrogens is 2. The Balaban J connectivity index is 1.33. The number of aromatic nitrogens is 2. The van der Waals surface area contributed by atoms with Crippen molar-refractivity contribution < 1.29 is 0 Å². The number of likely N-dealkylation sites (tertiary alicyclic amines) is 2. The second kappa shape index (κ2) is 8.54. The van der Waals surface area contributed by atoms with E-state index < -0.39 is 5.69 Å². The maximum atomic E-state index is 12.2. The van der Waals surface area contributed by atoms with Crippen LogP contribution in [0.4, 0.5) is 0 Å². The molecular formula is C22H36N4O2. The van der Waals surface area contributed by atoms with E-state index in [0.29, 0.717) is 23.2 Å². The van der Waals surface area contributed by atoms with Crippen LogP contribution in [-0.4, -0.2) is 52.5 Å². The minimum Gasteiger partial charge on any atom is -0.311 e. The molecule has 0 radical (unpaired) electrons. The average molecular weight is 389 g/mol. The van der Waals surface area contributed by atoms with Gasteiger partial charge in [0.25, 0.3) is 5.56 Å². The van der Waals surface area contributed by atoms with Crippen LogP contribution in [0.5, 0.6) is 0 Å². The molecule has 1 atom stereocenters. The lowest BCUT2D eigenvalue weighted by Crippen LogP contribution is -2.45. The Bertz CT molecular complexity index is 779. The van der Waals surface area contributed by atoms with E-state index in [-0.39, 0.29) is 5.56 Å². The van der Waals surface area contributed by atoms with Crippen LogP contribution in [0.15, 0.2) is 9.59 Å². The number of hydrogen-bond acceptors (Lipinski definition) is 4. The zero-order valence-corrected chi connectivity index (χ0v) is 17.4. The summed E-state index contributed by atoms with van der Waals surface area (Å²) < 4.78 is 0. The molecule has 28 heavy (non-hydrogen) atoms. The molecule has 2 N–H and O–H groups in total. The van der Waals surface area contributed by atoms with Crippen molar-refractivity contribution in [2.24, 2.45) is 11.3 Å². The topological polar surface area (TPSA) is 72.2 Å². The van der Waals surface area contributed by atoms with E-state index in [1.807, 2.05) is 6.92 Å². The molecule has 1 aromatic rings. The highest BCUT2D eigenvalue weighted by molar-refractivity contribution is 5.15. The van der Waals surface area contributed by atoms with Crippen LogP contribution in [0.25, 0.3) is 0 Å². The second-order valence-corrected chi connectivity index (χ2v) is 9.64. The summed E-state index contributed by atoms with van der Waals surface area (Å²) in [7, 11) is 0. The monoisotopic (exact) mass is 388 g/mol. The van der Waals surface area contributed by atoms with Gasteiger partial charge in [0.2, 0.25) is 0 Å². The first-order chi connectivity index (χ1) is 13.5. The van der Waals surface area contributed by atoms with E-state index in [4.69, 9.17) is 0 Å². The van der Waals surface area contributed by atoms with Gasteiger partial charge in [0.1, 0.15) is 0 Å². The molecular weight excluding hydrogens is 352 g/mol. The third-order valence-electron chi connectivity index (χ3n) is 7.47. The standard InChI is InChI=1S/C22H36N4O2/c1-17-19(20(27)24-21(28)23-17)14-26-13-10-22(16-26)9-5-11-25(15-22)12-8-18-6-3-2-4-7-18/h18H,2-16H2,1H3,(H2,23,24,27,28)/t22-/m1/s1. The van der Waals surface area contributed by atoms with Gasteiger partial charge in [-0.3, -0.25) is 14.7 Å². The molecule has 0 bridgehead atoms. The maximum Gasteiger partial charge on any atom is 0.325 e. The number of piperidine rings is 1. The molecule has 6 heteroatoms. The Morgan fingerprint density at radius 1 is 0.964 bits per heavy atom. The third kappa shape index (κ3) is 4.60. The van der Waals surface area contributed by atoms with Crippen LogP contribution >= 0.6 is 0 Å². The zero-order chi connectivity index (χ0) is 19.6. The van der Waals surface area contributed by atoms with Crippen LogP contribution < -0.4 is 11.2 Å². The molecule has 1 spiro atoms. The Morgan fingerprint density at radius 2 is 1.75 bits per heavy atom. The first-order valence-corrected chi connectivity index (χ1v) is 11.3. The molecule has 6 nitrogen and oxygen atoms in total. The molecule has 2 saturated heterocycles. The lowest BCUT2D eigenvalue weighted by atomic mass is 9.79. The fourth-order valence-electron chi connectivity index (χ4n) is 5.88. The van der Waals surface area contributed by atoms with Gasteiger partial charge in [-0.25, -0.2) is 4.79 Å². The number of aromatic amines is 2. The molecule has 2 aliphatic heterocycles. The third-order valence-corrected chi connectivity index (χ3v) is 7.47. The number of nitrogens with one attached hydrogen (secondary N) is 2. The fraction of sp³-hybridized carbons (Fsp3) is 0.818. The average Bonchev–Trinajstić information content (AvgIpc) is 3.06. The van der Waals surface area contributed by atoms with Crippen LogP contribution in [0.2, 0.25) is 0 Å². The summed E-state index contributed by atoms with van der Waals surface area (Å²) in [6, 6.07) is 0. The second-order valence-electron chi connectivity index (χ2n) is 9.64. The van der Waals surface area contributed by atoms with Crippen molar-refractivity contribution in [3.05, 3.63) is 32.1 Å². The molecule has 1 aromatic heterocycles. The van der Waals surface area contributed by atoms with Gasteiger partial charge in [-0.1, -0.05) is 32.1 Å². The maximum absolute atomic E-state index is 12.2. The summed E-state index contributed by atoms with van der Waals surface area (Å²) in [6.07, 6.45) is 12.4. The Labute approximate surface area is 167 Å². The SMILES string of the molecule is Cc1[nH]c(=O)[nH]c(=O)c1CN1CC[C@@]2(CCCN(CCC3CCCCC3)C2)C1. The molecule has 3 fully saturated rings.